The SMILES string of the molecule is CCOC(C(=O)OC(C)C)C(OC)C(=O)OC(C)C. The summed E-state index contributed by atoms with van der Waals surface area (Å²) in [5.74, 6) is -1.28. The minimum absolute atomic E-state index is 0.257. The van der Waals surface area contributed by atoms with Gasteiger partial charge in [0.2, 0.25) is 0 Å². The average Bonchev–Trinajstić information content (AvgIpc) is 2.26. The third kappa shape index (κ3) is 6.54. The first-order valence-corrected chi connectivity index (χ1v) is 6.38. The molecule has 0 aliphatic heterocycles. The lowest BCUT2D eigenvalue weighted by Crippen LogP contribution is -2.46. The number of hydrogen-bond acceptors (Lipinski definition) is 6. The van der Waals surface area contributed by atoms with Crippen molar-refractivity contribution >= 4 is 11.9 Å². The minimum Gasteiger partial charge on any atom is -0.461 e. The van der Waals surface area contributed by atoms with Crippen molar-refractivity contribution in [1.82, 2.24) is 0 Å². The molecule has 0 fully saturated rings. The maximum atomic E-state index is 11.9. The number of carbonyl (C=O) groups excluding carboxylic acids is 2. The Morgan fingerprint density at radius 3 is 1.63 bits per heavy atom. The topological polar surface area (TPSA) is 71.1 Å². The van der Waals surface area contributed by atoms with Crippen molar-refractivity contribution < 1.29 is 28.5 Å². The van der Waals surface area contributed by atoms with Crippen LogP contribution < -0.4 is 0 Å². The largest absolute Gasteiger partial charge is 0.461 e. The molecule has 0 aliphatic rings. The fourth-order valence-corrected chi connectivity index (χ4v) is 1.40. The fraction of sp³-hybridized carbons (Fsp3) is 0.846. The summed E-state index contributed by atoms with van der Waals surface area (Å²) in [6, 6.07) is 0. The Hall–Kier alpha value is -1.14. The maximum absolute atomic E-state index is 11.9. The van der Waals surface area contributed by atoms with Gasteiger partial charge in [0.15, 0.2) is 12.2 Å². The fourth-order valence-electron chi connectivity index (χ4n) is 1.40. The van der Waals surface area contributed by atoms with Crippen LogP contribution in [-0.4, -0.2) is 50.1 Å². The zero-order chi connectivity index (χ0) is 15.0. The molecule has 0 saturated heterocycles. The van der Waals surface area contributed by atoms with Gasteiger partial charge < -0.3 is 18.9 Å². The van der Waals surface area contributed by atoms with Crippen LogP contribution >= 0.6 is 0 Å². The summed E-state index contributed by atoms with van der Waals surface area (Å²) in [4.78, 5) is 23.8. The molecular weight excluding hydrogens is 252 g/mol. The Morgan fingerprint density at radius 2 is 1.32 bits per heavy atom. The standard InChI is InChI=1S/C13H24O6/c1-7-17-11(13(15)19-9(4)5)10(16-6)12(14)18-8(2)3/h8-11H,7H2,1-6H3. The van der Waals surface area contributed by atoms with E-state index in [1.165, 1.54) is 7.11 Å². The predicted octanol–water partition coefficient (Wildman–Crippen LogP) is 1.31. The number of hydrogen-bond donors (Lipinski definition) is 0. The van der Waals surface area contributed by atoms with Crippen molar-refractivity contribution in [2.75, 3.05) is 13.7 Å². The monoisotopic (exact) mass is 276 g/mol. The Kier molecular flexibility index (Phi) is 8.34. The van der Waals surface area contributed by atoms with E-state index in [0.717, 1.165) is 0 Å². The van der Waals surface area contributed by atoms with Crippen LogP contribution in [0.3, 0.4) is 0 Å². The molecule has 112 valence electrons. The molecule has 0 spiro atoms. The summed E-state index contributed by atoms with van der Waals surface area (Å²) < 4.78 is 20.4. The van der Waals surface area contributed by atoms with E-state index in [9.17, 15) is 9.59 Å². The van der Waals surface area contributed by atoms with Crippen LogP contribution in [0.25, 0.3) is 0 Å². The van der Waals surface area contributed by atoms with E-state index in [4.69, 9.17) is 18.9 Å². The summed E-state index contributed by atoms with van der Waals surface area (Å²) >= 11 is 0. The molecule has 0 rings (SSSR count). The van der Waals surface area contributed by atoms with Gasteiger partial charge in [0, 0.05) is 13.7 Å². The smallest absolute Gasteiger partial charge is 0.338 e. The molecule has 6 heteroatoms. The second kappa shape index (κ2) is 8.87. The Morgan fingerprint density at radius 1 is 0.895 bits per heavy atom. The number of rotatable bonds is 8. The highest BCUT2D eigenvalue weighted by Gasteiger charge is 2.37. The third-order valence-electron chi connectivity index (χ3n) is 2.04. The van der Waals surface area contributed by atoms with Gasteiger partial charge in [-0.05, 0) is 34.6 Å². The van der Waals surface area contributed by atoms with Crippen molar-refractivity contribution in [2.24, 2.45) is 0 Å². The normalized spacial score (nSPS) is 14.3. The van der Waals surface area contributed by atoms with Crippen molar-refractivity contribution in [2.45, 2.75) is 59.0 Å². The molecule has 19 heavy (non-hydrogen) atoms. The molecule has 0 aromatic carbocycles. The van der Waals surface area contributed by atoms with Gasteiger partial charge in [-0.15, -0.1) is 0 Å². The lowest BCUT2D eigenvalue weighted by atomic mass is 10.2. The molecule has 2 unspecified atom stereocenters. The highest BCUT2D eigenvalue weighted by Crippen LogP contribution is 2.11. The van der Waals surface area contributed by atoms with Gasteiger partial charge in [0.05, 0.1) is 12.2 Å². The molecule has 0 amide bonds. The zero-order valence-electron chi connectivity index (χ0n) is 12.5. The average molecular weight is 276 g/mol. The Balaban J connectivity index is 4.88. The lowest BCUT2D eigenvalue weighted by molar-refractivity contribution is -0.184. The molecule has 0 bridgehead atoms. The number of methoxy groups -OCH3 is 1. The van der Waals surface area contributed by atoms with Gasteiger partial charge in [0.25, 0.3) is 0 Å². The van der Waals surface area contributed by atoms with E-state index < -0.39 is 24.1 Å². The second-order valence-corrected chi connectivity index (χ2v) is 4.50. The van der Waals surface area contributed by atoms with E-state index in [1.807, 2.05) is 0 Å². The first-order valence-electron chi connectivity index (χ1n) is 6.38. The zero-order valence-corrected chi connectivity index (χ0v) is 12.5. The van der Waals surface area contributed by atoms with Crippen LogP contribution in [-0.2, 0) is 28.5 Å². The molecule has 0 aliphatic carbocycles. The molecule has 0 radical (unpaired) electrons. The van der Waals surface area contributed by atoms with Crippen LogP contribution in [0.1, 0.15) is 34.6 Å². The van der Waals surface area contributed by atoms with Gasteiger partial charge in [-0.2, -0.15) is 0 Å². The minimum atomic E-state index is -1.13. The van der Waals surface area contributed by atoms with E-state index in [0.29, 0.717) is 0 Å². The molecule has 6 nitrogen and oxygen atoms in total. The van der Waals surface area contributed by atoms with Gasteiger partial charge in [-0.25, -0.2) is 9.59 Å². The lowest BCUT2D eigenvalue weighted by Gasteiger charge is -2.24. The van der Waals surface area contributed by atoms with E-state index in [-0.39, 0.29) is 18.8 Å². The van der Waals surface area contributed by atoms with Crippen LogP contribution in [0.5, 0.6) is 0 Å². The quantitative estimate of drug-likeness (QED) is 0.622. The Bertz CT molecular complexity index is 287. The van der Waals surface area contributed by atoms with Crippen LogP contribution in [0.4, 0.5) is 0 Å². The van der Waals surface area contributed by atoms with E-state index in [1.54, 1.807) is 34.6 Å². The van der Waals surface area contributed by atoms with Crippen molar-refractivity contribution in [1.29, 1.82) is 0 Å². The molecule has 2 atom stereocenters. The number of carbonyl (C=O) groups is 2. The highest BCUT2D eigenvalue weighted by atomic mass is 16.6. The van der Waals surface area contributed by atoms with E-state index in [2.05, 4.69) is 0 Å². The van der Waals surface area contributed by atoms with Gasteiger partial charge in [0.1, 0.15) is 0 Å². The first kappa shape index (κ1) is 17.9. The van der Waals surface area contributed by atoms with Crippen molar-refractivity contribution in [3.8, 4) is 0 Å². The van der Waals surface area contributed by atoms with Crippen LogP contribution in [0.15, 0.2) is 0 Å². The summed E-state index contributed by atoms with van der Waals surface area (Å²) in [5, 5.41) is 0. The maximum Gasteiger partial charge on any atom is 0.338 e. The van der Waals surface area contributed by atoms with Crippen LogP contribution in [0.2, 0.25) is 0 Å². The van der Waals surface area contributed by atoms with Gasteiger partial charge in [-0.1, -0.05) is 0 Å². The summed E-state index contributed by atoms with van der Waals surface area (Å²) in [7, 11) is 1.32. The molecular formula is C13H24O6. The van der Waals surface area contributed by atoms with Gasteiger partial charge >= 0.3 is 11.9 Å². The summed E-state index contributed by atoms with van der Waals surface area (Å²) in [6.07, 6.45) is -2.85. The third-order valence-corrected chi connectivity index (χ3v) is 2.04. The molecule has 0 aromatic rings. The second-order valence-electron chi connectivity index (χ2n) is 4.50. The van der Waals surface area contributed by atoms with Crippen LogP contribution in [0, 0.1) is 0 Å². The summed E-state index contributed by atoms with van der Waals surface area (Å²) in [5.41, 5.74) is 0. The molecule has 0 aromatic heterocycles. The highest BCUT2D eigenvalue weighted by molar-refractivity contribution is 5.85. The van der Waals surface area contributed by atoms with Gasteiger partial charge in [-0.3, -0.25) is 0 Å². The summed E-state index contributed by atoms with van der Waals surface area (Å²) in [6.45, 7) is 8.84. The Labute approximate surface area is 114 Å². The number of esters is 2. The molecule has 0 saturated carbocycles. The first-order chi connectivity index (χ1) is 8.83. The molecule has 0 N–H and O–H groups in total. The van der Waals surface area contributed by atoms with Crippen molar-refractivity contribution in [3.05, 3.63) is 0 Å². The molecule has 0 heterocycles. The predicted molar refractivity (Wildman–Crippen MR) is 68.7 cm³/mol. The van der Waals surface area contributed by atoms with E-state index >= 15 is 0 Å². The van der Waals surface area contributed by atoms with Crippen molar-refractivity contribution in [3.63, 3.8) is 0 Å². The number of ether oxygens (including phenoxy) is 4.